The van der Waals surface area contributed by atoms with Gasteiger partial charge in [0.15, 0.2) is 17.8 Å². The molecule has 0 bridgehead atoms. The highest BCUT2D eigenvalue weighted by atomic mass is 32.5. The molecule has 0 amide bonds. The van der Waals surface area contributed by atoms with Crippen molar-refractivity contribution >= 4 is 44.9 Å². The Bertz CT molecular complexity index is 1110. The quantitative estimate of drug-likeness (QED) is 0.237. The minimum atomic E-state index is -4.98. The summed E-state index contributed by atoms with van der Waals surface area (Å²) in [6.07, 6.45) is -2.90. The molecule has 0 aliphatic carbocycles. The summed E-state index contributed by atoms with van der Waals surface area (Å²) in [5, 5.41) is 20.6. The lowest BCUT2D eigenvalue weighted by Gasteiger charge is -2.20. The van der Waals surface area contributed by atoms with Crippen molar-refractivity contribution in [3.63, 3.8) is 0 Å². The van der Waals surface area contributed by atoms with Crippen molar-refractivity contribution in [3.05, 3.63) is 18.3 Å². The lowest BCUT2D eigenvalue weighted by molar-refractivity contribution is -0.0483. The number of hydrogen-bond donors (Lipinski definition) is 6. The van der Waals surface area contributed by atoms with E-state index in [1.54, 1.807) is 6.92 Å². The predicted octanol–water partition coefficient (Wildman–Crippen LogP) is -0.675. The number of aliphatic hydroxyl groups is 2. The first-order valence-electron chi connectivity index (χ1n) is 8.40. The van der Waals surface area contributed by atoms with Crippen molar-refractivity contribution in [3.8, 4) is 0 Å². The summed E-state index contributed by atoms with van der Waals surface area (Å²) in [6, 6.07) is 0. The van der Waals surface area contributed by atoms with Gasteiger partial charge in [-0.25, -0.2) is 19.3 Å². The molecule has 19 heteroatoms. The monoisotopic (exact) mass is 520 g/mol. The van der Waals surface area contributed by atoms with Crippen molar-refractivity contribution in [2.75, 3.05) is 12.5 Å². The van der Waals surface area contributed by atoms with E-state index in [4.69, 9.17) is 19.0 Å². The van der Waals surface area contributed by atoms with E-state index in [1.807, 2.05) is 0 Å². The van der Waals surface area contributed by atoms with Crippen molar-refractivity contribution < 1.29 is 52.5 Å². The Morgan fingerprint density at radius 2 is 1.81 bits per heavy atom. The van der Waals surface area contributed by atoms with Crippen LogP contribution in [0.5, 0.6) is 0 Å². The second-order valence-corrected chi connectivity index (χ2v) is 13.6. The van der Waals surface area contributed by atoms with Crippen molar-refractivity contribution in [1.29, 1.82) is 0 Å². The van der Waals surface area contributed by atoms with Gasteiger partial charge in [-0.3, -0.25) is 13.7 Å². The third kappa shape index (κ3) is 6.01. The first kappa shape index (κ1) is 24.9. The zero-order valence-electron chi connectivity index (χ0n) is 15.6. The molecule has 1 fully saturated rings. The summed E-state index contributed by atoms with van der Waals surface area (Å²) in [7, 11) is -9.81. The molecule has 0 radical (unpaired) electrons. The Kier molecular flexibility index (Phi) is 7.17. The van der Waals surface area contributed by atoms with Crippen LogP contribution >= 0.6 is 21.9 Å². The van der Waals surface area contributed by atoms with E-state index in [9.17, 15) is 29.1 Å². The van der Waals surface area contributed by atoms with Crippen LogP contribution in [-0.2, 0) is 34.5 Å². The third-order valence-corrected chi connectivity index (χ3v) is 10.1. The Balaban J connectivity index is 1.69. The van der Waals surface area contributed by atoms with Gasteiger partial charge < -0.3 is 39.0 Å². The third-order valence-electron chi connectivity index (χ3n) is 4.18. The van der Waals surface area contributed by atoms with Crippen LogP contribution in [0, 0.1) is 6.92 Å². The number of aryl methyl sites for hydroxylation is 1. The van der Waals surface area contributed by atoms with Gasteiger partial charge >= 0.3 is 21.9 Å². The molecule has 1 aliphatic rings. The molecular weight excluding hydrogens is 501 g/mol. The summed E-state index contributed by atoms with van der Waals surface area (Å²) in [5.41, 5.74) is 1.34. The Morgan fingerprint density at radius 1 is 1.13 bits per heavy atom. The molecule has 2 unspecified atom stereocenters. The number of aliphatic hydroxyl groups excluding tert-OH is 2. The number of ether oxygens (including phenoxy) is 1. The predicted molar refractivity (Wildman–Crippen MR) is 106 cm³/mol. The summed E-state index contributed by atoms with van der Waals surface area (Å²) in [5.74, 6) is -1.49. The Morgan fingerprint density at radius 3 is 2.45 bits per heavy atom. The van der Waals surface area contributed by atoms with Gasteiger partial charge in [0.2, 0.25) is 0 Å². The van der Waals surface area contributed by atoms with Gasteiger partial charge in [0.25, 0.3) is 0 Å². The van der Waals surface area contributed by atoms with Gasteiger partial charge in [-0.2, -0.15) is 0 Å². The maximum absolute atomic E-state index is 12.1. The molecule has 6 atom stereocenters. The van der Waals surface area contributed by atoms with E-state index in [-0.39, 0.29) is 0 Å². The van der Waals surface area contributed by atoms with Crippen LogP contribution in [0.25, 0.3) is 11.2 Å². The summed E-state index contributed by atoms with van der Waals surface area (Å²) in [4.78, 5) is 49.4. The van der Waals surface area contributed by atoms with Crippen molar-refractivity contribution in [1.82, 2.24) is 19.5 Å². The Labute approximate surface area is 179 Å². The summed E-state index contributed by atoms with van der Waals surface area (Å²) in [6.45, 7) is -3.63. The maximum Gasteiger partial charge on any atom is 0.347 e. The van der Waals surface area contributed by atoms with Gasteiger partial charge in [0.1, 0.15) is 30.2 Å². The lowest BCUT2D eigenvalue weighted by Crippen LogP contribution is -2.33. The van der Waals surface area contributed by atoms with Gasteiger partial charge in [0, 0.05) is 0 Å². The van der Waals surface area contributed by atoms with E-state index in [2.05, 4.69) is 31.1 Å². The van der Waals surface area contributed by atoms with Crippen molar-refractivity contribution in [2.45, 2.75) is 31.5 Å². The second-order valence-electron chi connectivity index (χ2n) is 6.61. The molecule has 2 aromatic heterocycles. The minimum Gasteiger partial charge on any atom is -0.387 e. The van der Waals surface area contributed by atoms with E-state index in [0.29, 0.717) is 16.9 Å². The highest BCUT2D eigenvalue weighted by Crippen LogP contribution is 2.64. The van der Waals surface area contributed by atoms with E-state index >= 15 is 0 Å². The van der Waals surface area contributed by atoms with Crippen molar-refractivity contribution in [2.24, 2.45) is 0 Å². The topological polar surface area (TPSA) is 227 Å². The number of nitrogens with zero attached hydrogens (tertiary/aromatic N) is 4. The molecule has 31 heavy (non-hydrogen) atoms. The smallest absolute Gasteiger partial charge is 0.347 e. The highest BCUT2D eigenvalue weighted by molar-refractivity contribution is 8.08. The van der Waals surface area contributed by atoms with Crippen LogP contribution < -0.4 is 0 Å². The molecule has 6 N–H and O–H groups in total. The zero-order valence-corrected chi connectivity index (χ0v) is 19.1. The fraction of sp³-hybridized carbons (Fsp3) is 0.583. The van der Waals surface area contributed by atoms with Crippen LogP contribution in [0.4, 0.5) is 0 Å². The zero-order chi connectivity index (χ0) is 23.2. The van der Waals surface area contributed by atoms with Gasteiger partial charge in [-0.05, 0) is 18.7 Å². The summed E-state index contributed by atoms with van der Waals surface area (Å²) >= 11 is 4.05. The number of rotatable bonds is 8. The van der Waals surface area contributed by atoms with Crippen LogP contribution in [0.2, 0.25) is 0 Å². The molecule has 3 rings (SSSR count). The molecule has 15 nitrogen and oxygen atoms in total. The maximum atomic E-state index is 12.1. The molecule has 2 aromatic rings. The summed E-state index contributed by atoms with van der Waals surface area (Å²) < 4.78 is 39.4. The van der Waals surface area contributed by atoms with Crippen LogP contribution in [0.1, 0.15) is 11.9 Å². The lowest BCUT2D eigenvalue weighted by atomic mass is 10.1. The van der Waals surface area contributed by atoms with E-state index in [0.717, 1.165) is 0 Å². The van der Waals surface area contributed by atoms with Crippen LogP contribution in [-0.4, -0.2) is 80.1 Å². The second kappa shape index (κ2) is 8.92. The molecule has 0 spiro atoms. The number of aromatic nitrogens is 4. The highest BCUT2D eigenvalue weighted by Gasteiger charge is 2.46. The van der Waals surface area contributed by atoms with Gasteiger partial charge in [-0.1, -0.05) is 0 Å². The van der Waals surface area contributed by atoms with Crippen LogP contribution in [0.15, 0.2) is 12.7 Å². The molecular formula is C12H19N4O11P3S. The fourth-order valence-electron chi connectivity index (χ4n) is 2.90. The Hall–Kier alpha value is -0.700. The SMILES string of the molecule is Cc1ncnc2c1ncn2[C@@H]1O[C@H](COP(=O)(O)CP(=O)(O)OP(O)(O)=S)[C@@H](O)[C@H]1O. The average molecular weight is 520 g/mol. The number of imidazole rings is 1. The van der Waals surface area contributed by atoms with Gasteiger partial charge in [0.05, 0.1) is 18.6 Å². The normalized spacial score (nSPS) is 28.5. The molecule has 0 saturated carbocycles. The fourth-order valence-corrected chi connectivity index (χ4v) is 8.35. The molecule has 1 aliphatic heterocycles. The first-order valence-corrected chi connectivity index (χ1v) is 14.5. The van der Waals surface area contributed by atoms with E-state index < -0.39 is 59.0 Å². The standard InChI is InChI=1S/C12H19N4O11P3S/c1-6-8-11(14-3-13-6)16(4-15-8)12-10(18)9(17)7(26-12)2-25-28(19,20)5-29(21,22)27-30(23,24)31/h3-4,7,9-10,12,17-18H,2,5H2,1H3,(H,19,20)(H,21,22)(H2,23,24,31)/t7-,9-,10-,12-/m1/s1. The number of fused-ring (bicyclic) bond motifs is 1. The average Bonchev–Trinajstić information content (AvgIpc) is 3.13. The molecule has 3 heterocycles. The minimum absolute atomic E-state index is 0.320. The van der Waals surface area contributed by atoms with Crippen LogP contribution in [0.3, 0.4) is 0 Å². The van der Waals surface area contributed by atoms with Gasteiger partial charge in [-0.15, -0.1) is 0 Å². The molecule has 174 valence electrons. The first-order chi connectivity index (χ1) is 14.2. The largest absolute Gasteiger partial charge is 0.387 e. The molecule has 1 saturated heterocycles. The molecule has 0 aromatic carbocycles. The van der Waals surface area contributed by atoms with E-state index in [1.165, 1.54) is 17.2 Å². The number of hydrogen-bond acceptors (Lipinski definition) is 11.